The lowest BCUT2D eigenvalue weighted by molar-refractivity contribution is -0.131. The van der Waals surface area contributed by atoms with Gasteiger partial charge in [-0.25, -0.2) is 0 Å². The third-order valence-corrected chi connectivity index (χ3v) is 6.34. The number of rotatable bonds is 10. The Labute approximate surface area is 213 Å². The Kier molecular flexibility index (Phi) is 9.01. The van der Waals surface area contributed by atoms with Gasteiger partial charge in [-0.15, -0.1) is 0 Å². The predicted octanol–water partition coefficient (Wildman–Crippen LogP) is 4.97. The first-order valence-corrected chi connectivity index (χ1v) is 12.3. The number of carbonyl (C=O) groups excluding carboxylic acids is 3. The summed E-state index contributed by atoms with van der Waals surface area (Å²) < 4.78 is 1.90. The first-order chi connectivity index (χ1) is 17.2. The van der Waals surface area contributed by atoms with Crippen LogP contribution in [0.25, 0.3) is 6.08 Å². The summed E-state index contributed by atoms with van der Waals surface area (Å²) in [7, 11) is 3.39. The molecular formula is C30H35N3O3. The predicted molar refractivity (Wildman–Crippen MR) is 144 cm³/mol. The van der Waals surface area contributed by atoms with Gasteiger partial charge in [0.15, 0.2) is 0 Å². The minimum atomic E-state index is -0.574. The summed E-state index contributed by atoms with van der Waals surface area (Å²) >= 11 is 0. The zero-order chi connectivity index (χ0) is 26.2. The van der Waals surface area contributed by atoms with Crippen molar-refractivity contribution in [3.8, 4) is 0 Å². The zero-order valence-corrected chi connectivity index (χ0v) is 21.7. The van der Waals surface area contributed by atoms with Gasteiger partial charge in [-0.2, -0.15) is 0 Å². The molecule has 0 aliphatic rings. The molecule has 1 heterocycles. The van der Waals surface area contributed by atoms with Crippen molar-refractivity contribution in [2.24, 2.45) is 5.92 Å². The number of ketones is 1. The van der Waals surface area contributed by atoms with E-state index in [-0.39, 0.29) is 23.5 Å². The van der Waals surface area contributed by atoms with E-state index >= 15 is 0 Å². The fourth-order valence-corrected chi connectivity index (χ4v) is 3.90. The SMILES string of the molecule is CCC(C)[C@H](NC(=O)c1cccc(/C=C/Cn2cccc2C(=O)c2ccc(C)cc2)c1)C(=O)N(C)C. The van der Waals surface area contributed by atoms with E-state index in [1.165, 1.54) is 4.90 Å². The molecule has 1 N–H and O–H groups in total. The van der Waals surface area contributed by atoms with Gasteiger partial charge in [0.1, 0.15) is 6.04 Å². The highest BCUT2D eigenvalue weighted by atomic mass is 16.2. The van der Waals surface area contributed by atoms with Crippen molar-refractivity contribution < 1.29 is 14.4 Å². The molecule has 0 bridgehead atoms. The summed E-state index contributed by atoms with van der Waals surface area (Å²) in [5.41, 5.74) is 3.75. The summed E-state index contributed by atoms with van der Waals surface area (Å²) in [6.45, 7) is 6.48. The summed E-state index contributed by atoms with van der Waals surface area (Å²) in [5, 5.41) is 2.91. The van der Waals surface area contributed by atoms with Crippen molar-refractivity contribution in [3.05, 3.63) is 101 Å². The molecule has 0 radical (unpaired) electrons. The number of aryl methyl sites for hydroxylation is 1. The molecule has 3 aromatic rings. The highest BCUT2D eigenvalue weighted by molar-refractivity contribution is 6.08. The molecule has 2 atom stereocenters. The second kappa shape index (κ2) is 12.2. The van der Waals surface area contributed by atoms with E-state index in [9.17, 15) is 14.4 Å². The fourth-order valence-electron chi connectivity index (χ4n) is 3.90. The van der Waals surface area contributed by atoms with Crippen molar-refractivity contribution in [3.63, 3.8) is 0 Å². The van der Waals surface area contributed by atoms with Gasteiger partial charge in [0.05, 0.1) is 5.69 Å². The quantitative estimate of drug-likeness (QED) is 0.412. The summed E-state index contributed by atoms with van der Waals surface area (Å²) in [6, 6.07) is 18.0. The van der Waals surface area contributed by atoms with E-state index in [4.69, 9.17) is 0 Å². The van der Waals surface area contributed by atoms with Gasteiger partial charge in [-0.3, -0.25) is 14.4 Å². The smallest absolute Gasteiger partial charge is 0.251 e. The van der Waals surface area contributed by atoms with Crippen LogP contribution in [-0.2, 0) is 11.3 Å². The summed E-state index contributed by atoms with van der Waals surface area (Å²) in [6.07, 6.45) is 6.54. The van der Waals surface area contributed by atoms with E-state index in [0.717, 1.165) is 17.5 Å². The minimum absolute atomic E-state index is 0.0183. The lowest BCUT2D eigenvalue weighted by Crippen LogP contribution is -2.49. The van der Waals surface area contributed by atoms with Gasteiger partial charge in [0.25, 0.3) is 5.91 Å². The highest BCUT2D eigenvalue weighted by Gasteiger charge is 2.27. The van der Waals surface area contributed by atoms with E-state index in [1.54, 1.807) is 26.2 Å². The second-order valence-corrected chi connectivity index (χ2v) is 9.34. The third-order valence-electron chi connectivity index (χ3n) is 6.34. The minimum Gasteiger partial charge on any atom is -0.347 e. The summed E-state index contributed by atoms with van der Waals surface area (Å²) in [4.78, 5) is 40.0. The van der Waals surface area contributed by atoms with Gasteiger partial charge in [-0.1, -0.05) is 74.4 Å². The number of hydrogen-bond donors (Lipinski definition) is 1. The number of hydrogen-bond acceptors (Lipinski definition) is 3. The number of aromatic nitrogens is 1. The second-order valence-electron chi connectivity index (χ2n) is 9.34. The molecule has 0 fully saturated rings. The third kappa shape index (κ3) is 6.60. The fraction of sp³-hybridized carbons (Fsp3) is 0.300. The Morgan fingerprint density at radius 1 is 1.00 bits per heavy atom. The zero-order valence-electron chi connectivity index (χ0n) is 21.7. The van der Waals surface area contributed by atoms with E-state index in [1.807, 2.05) is 92.2 Å². The normalized spacial score (nSPS) is 12.8. The molecule has 0 aliphatic heterocycles. The van der Waals surface area contributed by atoms with Crippen LogP contribution in [0.1, 0.15) is 57.8 Å². The van der Waals surface area contributed by atoms with Crippen LogP contribution in [0.3, 0.4) is 0 Å². The molecule has 1 aromatic heterocycles. The molecule has 0 saturated carbocycles. The van der Waals surface area contributed by atoms with Gasteiger partial charge in [0.2, 0.25) is 11.7 Å². The van der Waals surface area contributed by atoms with Crippen LogP contribution in [0.15, 0.2) is 72.9 Å². The van der Waals surface area contributed by atoms with Crippen LogP contribution >= 0.6 is 0 Å². The average molecular weight is 486 g/mol. The Hall–Kier alpha value is -3.93. The van der Waals surface area contributed by atoms with Gasteiger partial charge < -0.3 is 14.8 Å². The lowest BCUT2D eigenvalue weighted by Gasteiger charge is -2.26. The van der Waals surface area contributed by atoms with Crippen molar-refractivity contribution >= 4 is 23.7 Å². The topological polar surface area (TPSA) is 71.4 Å². The summed E-state index contributed by atoms with van der Waals surface area (Å²) in [5.74, 6) is -0.390. The average Bonchev–Trinajstić information content (AvgIpc) is 3.35. The number of allylic oxidation sites excluding steroid dienone is 1. The Morgan fingerprint density at radius 3 is 2.39 bits per heavy atom. The molecule has 36 heavy (non-hydrogen) atoms. The Balaban J connectivity index is 1.70. The van der Waals surface area contributed by atoms with Crippen molar-refractivity contribution in [1.29, 1.82) is 0 Å². The number of likely N-dealkylation sites (N-methyl/N-ethyl adjacent to an activating group) is 1. The first kappa shape index (κ1) is 26.7. The van der Waals surface area contributed by atoms with Crippen molar-refractivity contribution in [2.75, 3.05) is 14.1 Å². The van der Waals surface area contributed by atoms with E-state index < -0.39 is 6.04 Å². The maximum Gasteiger partial charge on any atom is 0.251 e. The molecule has 2 amide bonds. The first-order valence-electron chi connectivity index (χ1n) is 12.3. The molecule has 188 valence electrons. The van der Waals surface area contributed by atoms with Crippen LogP contribution < -0.4 is 5.32 Å². The Morgan fingerprint density at radius 2 is 1.72 bits per heavy atom. The number of benzene rings is 2. The van der Waals surface area contributed by atoms with E-state index in [0.29, 0.717) is 23.4 Å². The largest absolute Gasteiger partial charge is 0.347 e. The Bertz CT molecular complexity index is 1240. The lowest BCUT2D eigenvalue weighted by atomic mass is 9.97. The number of amides is 2. The monoisotopic (exact) mass is 485 g/mol. The van der Waals surface area contributed by atoms with Crippen LogP contribution in [0.5, 0.6) is 0 Å². The maximum atomic E-state index is 12.9. The number of nitrogens with one attached hydrogen (secondary N) is 1. The molecule has 3 rings (SSSR count). The van der Waals surface area contributed by atoms with Crippen LogP contribution in [-0.4, -0.2) is 47.2 Å². The number of nitrogens with zero attached hydrogens (tertiary/aromatic N) is 2. The highest BCUT2D eigenvalue weighted by Crippen LogP contribution is 2.15. The van der Waals surface area contributed by atoms with Gasteiger partial charge >= 0.3 is 0 Å². The maximum absolute atomic E-state index is 12.9. The van der Waals surface area contributed by atoms with Gasteiger partial charge in [-0.05, 0) is 42.7 Å². The van der Waals surface area contributed by atoms with Crippen molar-refractivity contribution in [2.45, 2.75) is 39.8 Å². The van der Waals surface area contributed by atoms with Crippen LogP contribution in [0.4, 0.5) is 0 Å². The molecule has 2 aromatic carbocycles. The molecule has 6 heteroatoms. The molecular weight excluding hydrogens is 450 g/mol. The molecule has 0 saturated heterocycles. The molecule has 6 nitrogen and oxygen atoms in total. The molecule has 0 aliphatic carbocycles. The molecule has 1 unspecified atom stereocenters. The van der Waals surface area contributed by atoms with Crippen molar-refractivity contribution in [1.82, 2.24) is 14.8 Å². The number of carbonyl (C=O) groups is 3. The standard InChI is InChI=1S/C30H35N3O3/c1-6-22(3)27(30(36)32(4)5)31-29(35)25-12-7-10-23(20-25)11-8-18-33-19-9-13-26(33)28(34)24-16-14-21(2)15-17-24/h7-17,19-20,22,27H,6,18H2,1-5H3,(H,31,35)/b11-8+/t22?,27-/m0/s1. The van der Waals surface area contributed by atoms with Gasteiger partial charge in [0, 0.05) is 38.0 Å². The van der Waals surface area contributed by atoms with Crippen LogP contribution in [0, 0.1) is 12.8 Å². The van der Waals surface area contributed by atoms with E-state index in [2.05, 4.69) is 5.32 Å². The van der Waals surface area contributed by atoms with Crippen LogP contribution in [0.2, 0.25) is 0 Å². The molecule has 0 spiro atoms.